The van der Waals surface area contributed by atoms with Crippen LogP contribution in [0.25, 0.3) is 22.0 Å². The van der Waals surface area contributed by atoms with E-state index >= 15 is 0 Å². The number of aryl methyl sites for hydroxylation is 3. The van der Waals surface area contributed by atoms with Crippen molar-refractivity contribution in [3.63, 3.8) is 0 Å². The van der Waals surface area contributed by atoms with Crippen LogP contribution in [0.2, 0.25) is 0 Å². The van der Waals surface area contributed by atoms with E-state index in [1.54, 1.807) is 6.33 Å². The van der Waals surface area contributed by atoms with Crippen molar-refractivity contribution in [2.45, 2.75) is 40.0 Å². The number of carbonyl (C=O) groups excluding carboxylic acids is 1. The lowest BCUT2D eigenvalue weighted by Gasteiger charge is -2.33. The summed E-state index contributed by atoms with van der Waals surface area (Å²) in [4.78, 5) is 27.3. The van der Waals surface area contributed by atoms with Crippen LogP contribution in [0, 0.1) is 26.7 Å². The number of aromatic nitrogens is 3. The van der Waals surface area contributed by atoms with Gasteiger partial charge in [0.15, 0.2) is 0 Å². The van der Waals surface area contributed by atoms with Crippen LogP contribution in [0.4, 0.5) is 5.82 Å². The molecule has 2 N–H and O–H groups in total. The first-order chi connectivity index (χ1) is 15.5. The molecule has 7 nitrogen and oxygen atoms in total. The van der Waals surface area contributed by atoms with Crippen LogP contribution >= 0.6 is 0 Å². The monoisotopic (exact) mass is 431 g/mol. The topological polar surface area (TPSA) is 87.0 Å². The smallest absolute Gasteiger partial charge is 0.231 e. The molecule has 7 heteroatoms. The Kier molecular flexibility index (Phi) is 5.33. The summed E-state index contributed by atoms with van der Waals surface area (Å²) in [5.41, 5.74) is 5.30. The predicted octanol–water partition coefficient (Wildman–Crippen LogP) is 4.20. The zero-order chi connectivity index (χ0) is 22.2. The van der Waals surface area contributed by atoms with E-state index in [2.05, 4.69) is 50.3 Å². The minimum atomic E-state index is -0.0488. The Morgan fingerprint density at radius 2 is 2.16 bits per heavy atom. The maximum Gasteiger partial charge on any atom is 0.231 e. The van der Waals surface area contributed by atoms with Gasteiger partial charge in [-0.15, -0.1) is 0 Å². The molecule has 4 aromatic rings. The van der Waals surface area contributed by atoms with Gasteiger partial charge in [-0.3, -0.25) is 4.79 Å². The zero-order valence-electron chi connectivity index (χ0n) is 18.9. The molecule has 1 atom stereocenters. The number of fused-ring (bicyclic) bond motifs is 2. The second kappa shape index (κ2) is 8.30. The molecule has 166 valence electrons. The fourth-order valence-electron chi connectivity index (χ4n) is 4.75. The van der Waals surface area contributed by atoms with Gasteiger partial charge in [0.2, 0.25) is 11.6 Å². The molecule has 0 spiro atoms. The molecule has 0 radical (unpaired) electrons. The van der Waals surface area contributed by atoms with Crippen LogP contribution in [0.15, 0.2) is 35.1 Å². The molecule has 1 aliphatic heterocycles. The summed E-state index contributed by atoms with van der Waals surface area (Å²) in [5, 5.41) is 5.36. The predicted molar refractivity (Wildman–Crippen MR) is 126 cm³/mol. The van der Waals surface area contributed by atoms with Gasteiger partial charge >= 0.3 is 0 Å². The fourth-order valence-corrected chi connectivity index (χ4v) is 4.75. The van der Waals surface area contributed by atoms with E-state index in [1.807, 2.05) is 20.0 Å². The molecule has 1 fully saturated rings. The van der Waals surface area contributed by atoms with Gasteiger partial charge in [-0.05, 0) is 57.7 Å². The van der Waals surface area contributed by atoms with Crippen molar-refractivity contribution in [1.82, 2.24) is 20.3 Å². The Balaban J connectivity index is 1.25. The van der Waals surface area contributed by atoms with E-state index in [-0.39, 0.29) is 11.8 Å². The number of H-pyrrole nitrogens is 1. The third-order valence-corrected chi connectivity index (χ3v) is 6.65. The molecule has 0 aliphatic carbocycles. The van der Waals surface area contributed by atoms with Gasteiger partial charge in [0.05, 0.1) is 11.3 Å². The van der Waals surface area contributed by atoms with Crippen molar-refractivity contribution in [1.29, 1.82) is 0 Å². The van der Waals surface area contributed by atoms with Crippen LogP contribution < -0.4 is 10.2 Å². The third-order valence-electron chi connectivity index (χ3n) is 6.65. The van der Waals surface area contributed by atoms with Gasteiger partial charge in [0.1, 0.15) is 17.9 Å². The summed E-state index contributed by atoms with van der Waals surface area (Å²) in [5.74, 6) is 1.81. The van der Waals surface area contributed by atoms with E-state index in [4.69, 9.17) is 4.42 Å². The van der Waals surface area contributed by atoms with E-state index in [9.17, 15) is 4.79 Å². The van der Waals surface area contributed by atoms with E-state index in [0.717, 1.165) is 53.9 Å². The Morgan fingerprint density at radius 3 is 3.03 bits per heavy atom. The first kappa shape index (κ1) is 20.5. The van der Waals surface area contributed by atoms with Crippen LogP contribution in [-0.4, -0.2) is 40.5 Å². The lowest BCUT2D eigenvalue weighted by atomic mass is 9.96. The number of benzene rings is 1. The normalized spacial score (nSPS) is 16.7. The van der Waals surface area contributed by atoms with Gasteiger partial charge in [-0.2, -0.15) is 0 Å². The molecular formula is C25H29N5O2. The molecule has 3 aromatic heterocycles. The number of amides is 1. The molecule has 0 bridgehead atoms. The third kappa shape index (κ3) is 3.72. The largest absolute Gasteiger partial charge is 0.443 e. The highest BCUT2D eigenvalue weighted by Gasteiger charge is 2.28. The maximum absolute atomic E-state index is 13.0. The Hall–Kier alpha value is -3.35. The minimum Gasteiger partial charge on any atom is -0.443 e. The molecule has 0 saturated carbocycles. The Labute approximate surface area is 187 Å². The van der Waals surface area contributed by atoms with Gasteiger partial charge in [-0.1, -0.05) is 11.6 Å². The van der Waals surface area contributed by atoms with Gasteiger partial charge < -0.3 is 19.6 Å². The number of carbonyl (C=O) groups is 1. The maximum atomic E-state index is 13.0. The van der Waals surface area contributed by atoms with E-state index < -0.39 is 0 Å². The first-order valence-corrected chi connectivity index (χ1v) is 11.3. The Morgan fingerprint density at radius 1 is 1.28 bits per heavy atom. The summed E-state index contributed by atoms with van der Waals surface area (Å²) < 4.78 is 5.77. The number of anilines is 1. The molecular weight excluding hydrogens is 402 g/mol. The SMILES string of the molecule is Cc1ccc2[nH]cc(CCNC(=O)[C@@H]3CCCN(c4ncnc5oc(C)c(C)c45)C3)c2c1. The molecule has 1 amide bonds. The molecule has 32 heavy (non-hydrogen) atoms. The first-order valence-electron chi connectivity index (χ1n) is 11.3. The standard InChI is InChI=1S/C25H29N5O2/c1-15-6-7-21-20(11-15)18(12-27-21)8-9-26-24(31)19-5-4-10-30(13-19)23-22-16(2)17(3)32-25(22)29-14-28-23/h6-7,11-12,14,19,27H,4-5,8-10,13H2,1-3H3,(H,26,31)/t19-/m1/s1. The molecule has 4 heterocycles. The fraction of sp³-hybridized carbons (Fsp3) is 0.400. The number of nitrogens with one attached hydrogen (secondary N) is 2. The van der Waals surface area contributed by atoms with Gasteiger partial charge in [0.25, 0.3) is 0 Å². The lowest BCUT2D eigenvalue weighted by Crippen LogP contribution is -2.43. The van der Waals surface area contributed by atoms with Crippen LogP contribution in [0.1, 0.15) is 35.3 Å². The van der Waals surface area contributed by atoms with Crippen molar-refractivity contribution in [2.75, 3.05) is 24.5 Å². The van der Waals surface area contributed by atoms with Gasteiger partial charge in [0, 0.05) is 42.3 Å². The number of piperidine rings is 1. The highest BCUT2D eigenvalue weighted by molar-refractivity contribution is 5.90. The highest BCUT2D eigenvalue weighted by atomic mass is 16.3. The number of furan rings is 1. The second-order valence-corrected chi connectivity index (χ2v) is 8.85. The minimum absolute atomic E-state index is 0.0488. The Bertz CT molecular complexity index is 1290. The summed E-state index contributed by atoms with van der Waals surface area (Å²) in [6, 6.07) is 6.41. The van der Waals surface area contributed by atoms with Crippen LogP contribution in [-0.2, 0) is 11.2 Å². The summed E-state index contributed by atoms with van der Waals surface area (Å²) in [7, 11) is 0. The quantitative estimate of drug-likeness (QED) is 0.494. The number of rotatable bonds is 5. The highest BCUT2D eigenvalue weighted by Crippen LogP contribution is 2.32. The summed E-state index contributed by atoms with van der Waals surface area (Å²) in [6.07, 6.45) is 6.26. The second-order valence-electron chi connectivity index (χ2n) is 8.85. The van der Waals surface area contributed by atoms with Crippen molar-refractivity contribution < 1.29 is 9.21 Å². The summed E-state index contributed by atoms with van der Waals surface area (Å²) >= 11 is 0. The average Bonchev–Trinajstić information content (AvgIpc) is 3.33. The number of aromatic amines is 1. The van der Waals surface area contributed by atoms with Crippen LogP contribution in [0.3, 0.4) is 0 Å². The van der Waals surface area contributed by atoms with Crippen molar-refractivity contribution in [3.8, 4) is 0 Å². The number of hydrogen-bond donors (Lipinski definition) is 2. The van der Waals surface area contributed by atoms with Gasteiger partial charge in [-0.25, -0.2) is 9.97 Å². The molecule has 1 saturated heterocycles. The van der Waals surface area contributed by atoms with Crippen LogP contribution in [0.5, 0.6) is 0 Å². The average molecular weight is 432 g/mol. The number of hydrogen-bond acceptors (Lipinski definition) is 5. The summed E-state index contributed by atoms with van der Waals surface area (Å²) in [6.45, 7) is 8.26. The van der Waals surface area contributed by atoms with Crippen molar-refractivity contribution in [2.24, 2.45) is 5.92 Å². The van der Waals surface area contributed by atoms with E-state index in [0.29, 0.717) is 18.8 Å². The van der Waals surface area contributed by atoms with E-state index in [1.165, 1.54) is 16.5 Å². The lowest BCUT2D eigenvalue weighted by molar-refractivity contribution is -0.125. The number of nitrogens with zero attached hydrogens (tertiary/aromatic N) is 3. The molecule has 0 unspecified atom stereocenters. The van der Waals surface area contributed by atoms with Crippen molar-refractivity contribution in [3.05, 3.63) is 53.2 Å². The van der Waals surface area contributed by atoms with Crippen molar-refractivity contribution >= 4 is 33.7 Å². The molecule has 1 aliphatic rings. The molecule has 5 rings (SSSR count). The molecule has 1 aromatic carbocycles. The zero-order valence-corrected chi connectivity index (χ0v) is 18.9.